The summed E-state index contributed by atoms with van der Waals surface area (Å²) >= 11 is 3.34. The SMILES string of the molecule is Cn1ccnc1CN1CCN(Cc2ccc(Br)o2)CC1. The van der Waals surface area contributed by atoms with Crippen molar-refractivity contribution in [3.63, 3.8) is 0 Å². The fraction of sp³-hybridized carbons (Fsp3) is 0.500. The smallest absolute Gasteiger partial charge is 0.169 e. The van der Waals surface area contributed by atoms with Gasteiger partial charge in [-0.25, -0.2) is 4.98 Å². The average molecular weight is 339 g/mol. The molecule has 1 saturated heterocycles. The zero-order chi connectivity index (χ0) is 13.9. The summed E-state index contributed by atoms with van der Waals surface area (Å²) < 4.78 is 8.46. The van der Waals surface area contributed by atoms with Gasteiger partial charge in [-0.1, -0.05) is 0 Å². The topological polar surface area (TPSA) is 37.4 Å². The highest BCUT2D eigenvalue weighted by molar-refractivity contribution is 9.10. The van der Waals surface area contributed by atoms with E-state index in [1.54, 1.807) is 0 Å². The van der Waals surface area contributed by atoms with E-state index in [9.17, 15) is 0 Å². The van der Waals surface area contributed by atoms with Gasteiger partial charge in [0.2, 0.25) is 0 Å². The third-order valence-corrected chi connectivity index (χ3v) is 4.19. The van der Waals surface area contributed by atoms with Gasteiger partial charge < -0.3 is 8.98 Å². The van der Waals surface area contributed by atoms with Crippen LogP contribution in [-0.2, 0) is 20.1 Å². The van der Waals surface area contributed by atoms with Gasteiger partial charge in [-0.2, -0.15) is 0 Å². The lowest BCUT2D eigenvalue weighted by Gasteiger charge is -2.33. The number of nitrogens with zero attached hydrogens (tertiary/aromatic N) is 4. The molecule has 2 aromatic heterocycles. The van der Waals surface area contributed by atoms with Crippen molar-refractivity contribution in [2.75, 3.05) is 26.2 Å². The normalized spacial score (nSPS) is 17.7. The summed E-state index contributed by atoms with van der Waals surface area (Å²) in [5, 5.41) is 0. The number of piperazine rings is 1. The minimum absolute atomic E-state index is 0.806. The summed E-state index contributed by atoms with van der Waals surface area (Å²) in [6.07, 6.45) is 3.86. The molecule has 0 N–H and O–H groups in total. The molecule has 6 heteroatoms. The highest BCUT2D eigenvalue weighted by Gasteiger charge is 2.19. The maximum absolute atomic E-state index is 5.56. The van der Waals surface area contributed by atoms with Crippen LogP contribution in [0.1, 0.15) is 11.6 Å². The highest BCUT2D eigenvalue weighted by Crippen LogP contribution is 2.16. The first kappa shape index (κ1) is 13.9. The van der Waals surface area contributed by atoms with Crippen LogP contribution in [0, 0.1) is 0 Å². The summed E-state index contributed by atoms with van der Waals surface area (Å²) in [6, 6.07) is 3.98. The first-order valence-corrected chi connectivity index (χ1v) is 7.65. The summed E-state index contributed by atoms with van der Waals surface area (Å²) in [7, 11) is 2.05. The predicted molar refractivity (Wildman–Crippen MR) is 80.2 cm³/mol. The fourth-order valence-corrected chi connectivity index (χ4v) is 2.85. The molecule has 0 radical (unpaired) electrons. The third-order valence-electron chi connectivity index (χ3n) is 3.76. The molecule has 20 heavy (non-hydrogen) atoms. The monoisotopic (exact) mass is 338 g/mol. The number of rotatable bonds is 4. The predicted octanol–water partition coefficient (Wildman–Crippen LogP) is 2.09. The van der Waals surface area contributed by atoms with Gasteiger partial charge in [-0.15, -0.1) is 0 Å². The number of furan rings is 1. The van der Waals surface area contributed by atoms with Crippen LogP contribution in [-0.4, -0.2) is 45.5 Å². The van der Waals surface area contributed by atoms with E-state index in [-0.39, 0.29) is 0 Å². The van der Waals surface area contributed by atoms with E-state index in [0.29, 0.717) is 0 Å². The molecule has 0 spiro atoms. The molecule has 3 rings (SSSR count). The summed E-state index contributed by atoms with van der Waals surface area (Å²) in [4.78, 5) is 9.27. The Morgan fingerprint density at radius 1 is 1.15 bits per heavy atom. The van der Waals surface area contributed by atoms with Crippen molar-refractivity contribution in [2.24, 2.45) is 7.05 Å². The Bertz CT molecular complexity index is 557. The fourth-order valence-electron chi connectivity index (χ4n) is 2.51. The van der Waals surface area contributed by atoms with Crippen LogP contribution >= 0.6 is 15.9 Å². The molecule has 1 aliphatic heterocycles. The molecule has 1 fully saturated rings. The second kappa shape index (κ2) is 6.11. The lowest BCUT2D eigenvalue weighted by molar-refractivity contribution is 0.113. The minimum Gasteiger partial charge on any atom is -0.453 e. The van der Waals surface area contributed by atoms with E-state index in [1.165, 1.54) is 0 Å². The molecule has 2 aromatic rings. The van der Waals surface area contributed by atoms with Crippen LogP contribution in [0.2, 0.25) is 0 Å². The van der Waals surface area contributed by atoms with E-state index in [4.69, 9.17) is 4.42 Å². The lowest BCUT2D eigenvalue weighted by Crippen LogP contribution is -2.45. The molecule has 0 saturated carbocycles. The van der Waals surface area contributed by atoms with Gasteiger partial charge in [0.1, 0.15) is 11.6 Å². The molecule has 0 bridgehead atoms. The molecule has 5 nitrogen and oxygen atoms in total. The second-order valence-corrected chi connectivity index (χ2v) is 5.99. The van der Waals surface area contributed by atoms with Crippen molar-refractivity contribution in [3.05, 3.63) is 40.8 Å². The van der Waals surface area contributed by atoms with Crippen molar-refractivity contribution < 1.29 is 4.42 Å². The van der Waals surface area contributed by atoms with Gasteiger partial charge in [0.05, 0.1) is 13.1 Å². The number of hydrogen-bond donors (Lipinski definition) is 0. The van der Waals surface area contributed by atoms with Gasteiger partial charge in [0, 0.05) is 45.6 Å². The molecule has 0 atom stereocenters. The summed E-state index contributed by atoms with van der Waals surface area (Å²) in [6.45, 7) is 6.13. The highest BCUT2D eigenvalue weighted by atomic mass is 79.9. The Balaban J connectivity index is 1.48. The molecular formula is C14H19BrN4O. The van der Waals surface area contributed by atoms with Crippen LogP contribution in [0.5, 0.6) is 0 Å². The van der Waals surface area contributed by atoms with Gasteiger partial charge in [0.25, 0.3) is 0 Å². The lowest BCUT2D eigenvalue weighted by atomic mass is 10.3. The number of aromatic nitrogens is 2. The van der Waals surface area contributed by atoms with Crippen molar-refractivity contribution in [3.8, 4) is 0 Å². The van der Waals surface area contributed by atoms with E-state index < -0.39 is 0 Å². The van der Waals surface area contributed by atoms with E-state index >= 15 is 0 Å². The quantitative estimate of drug-likeness (QED) is 0.855. The Hall–Kier alpha value is -1.11. The Kier molecular flexibility index (Phi) is 4.24. The van der Waals surface area contributed by atoms with E-state index in [0.717, 1.165) is 55.5 Å². The van der Waals surface area contributed by atoms with E-state index in [2.05, 4.69) is 35.3 Å². The Labute approximate surface area is 127 Å². The minimum atomic E-state index is 0.806. The average Bonchev–Trinajstić information content (AvgIpc) is 3.02. The number of imidazole rings is 1. The summed E-state index contributed by atoms with van der Waals surface area (Å²) in [5.74, 6) is 2.16. The van der Waals surface area contributed by atoms with Crippen LogP contribution in [0.25, 0.3) is 0 Å². The van der Waals surface area contributed by atoms with E-state index in [1.807, 2.05) is 31.6 Å². The standard InChI is InChI=1S/C14H19BrN4O/c1-17-5-4-16-14(17)11-19-8-6-18(7-9-19)10-12-2-3-13(15)20-12/h2-5H,6-11H2,1H3. The first-order valence-electron chi connectivity index (χ1n) is 6.86. The molecular weight excluding hydrogens is 320 g/mol. The molecule has 0 aliphatic carbocycles. The maximum atomic E-state index is 5.56. The Morgan fingerprint density at radius 2 is 1.85 bits per heavy atom. The van der Waals surface area contributed by atoms with Crippen LogP contribution in [0.15, 0.2) is 33.6 Å². The van der Waals surface area contributed by atoms with Crippen LogP contribution < -0.4 is 0 Å². The summed E-state index contributed by atoms with van der Waals surface area (Å²) in [5.41, 5.74) is 0. The molecule has 3 heterocycles. The number of aryl methyl sites for hydroxylation is 1. The van der Waals surface area contributed by atoms with Crippen molar-refractivity contribution in [1.29, 1.82) is 0 Å². The zero-order valence-electron chi connectivity index (χ0n) is 11.6. The maximum Gasteiger partial charge on any atom is 0.169 e. The molecule has 0 aromatic carbocycles. The van der Waals surface area contributed by atoms with Crippen LogP contribution in [0.4, 0.5) is 0 Å². The van der Waals surface area contributed by atoms with Crippen molar-refractivity contribution >= 4 is 15.9 Å². The molecule has 0 amide bonds. The van der Waals surface area contributed by atoms with Gasteiger partial charge in [-0.3, -0.25) is 9.80 Å². The molecule has 1 aliphatic rings. The molecule has 108 valence electrons. The second-order valence-electron chi connectivity index (χ2n) is 5.21. The third kappa shape index (κ3) is 3.31. The van der Waals surface area contributed by atoms with Crippen molar-refractivity contribution in [2.45, 2.75) is 13.1 Å². The zero-order valence-corrected chi connectivity index (χ0v) is 13.2. The van der Waals surface area contributed by atoms with Crippen molar-refractivity contribution in [1.82, 2.24) is 19.4 Å². The number of hydrogen-bond acceptors (Lipinski definition) is 4. The first-order chi connectivity index (χ1) is 9.70. The number of halogens is 1. The molecule has 0 unspecified atom stereocenters. The van der Waals surface area contributed by atoms with Gasteiger partial charge >= 0.3 is 0 Å². The van der Waals surface area contributed by atoms with Gasteiger partial charge in [-0.05, 0) is 28.1 Å². The Morgan fingerprint density at radius 3 is 2.40 bits per heavy atom. The van der Waals surface area contributed by atoms with Gasteiger partial charge in [0.15, 0.2) is 4.67 Å². The largest absolute Gasteiger partial charge is 0.453 e. The van der Waals surface area contributed by atoms with Crippen LogP contribution in [0.3, 0.4) is 0 Å².